The SMILES string of the molecule is Cc1c(NCC(=O)O)cccc1NC(=O)[C@@H](c1ccc(-c2cncc(C(F)(F)F)c2)cc1)C1CCCC1. The Morgan fingerprint density at radius 1 is 1.03 bits per heavy atom. The summed E-state index contributed by atoms with van der Waals surface area (Å²) in [6.07, 6.45) is 1.61. The topological polar surface area (TPSA) is 91.3 Å². The molecular weight excluding hydrogens is 483 g/mol. The van der Waals surface area contributed by atoms with Gasteiger partial charge in [0, 0.05) is 29.3 Å². The van der Waals surface area contributed by atoms with E-state index in [-0.39, 0.29) is 18.4 Å². The van der Waals surface area contributed by atoms with E-state index in [1.807, 2.05) is 6.92 Å². The number of hydrogen-bond donors (Lipinski definition) is 3. The first-order valence-electron chi connectivity index (χ1n) is 12.1. The molecule has 194 valence electrons. The van der Waals surface area contributed by atoms with Gasteiger partial charge in [0.05, 0.1) is 11.5 Å². The van der Waals surface area contributed by atoms with Gasteiger partial charge in [-0.05, 0) is 60.6 Å². The molecule has 6 nitrogen and oxygen atoms in total. The minimum Gasteiger partial charge on any atom is -0.480 e. The normalized spacial score (nSPS) is 14.8. The van der Waals surface area contributed by atoms with Gasteiger partial charge in [-0.3, -0.25) is 14.6 Å². The molecule has 0 saturated heterocycles. The summed E-state index contributed by atoms with van der Waals surface area (Å²) in [6.45, 7) is 1.57. The Morgan fingerprint density at radius 2 is 1.70 bits per heavy atom. The molecule has 1 aromatic heterocycles. The third-order valence-electron chi connectivity index (χ3n) is 6.84. The Labute approximate surface area is 212 Å². The van der Waals surface area contributed by atoms with Gasteiger partial charge in [-0.1, -0.05) is 43.2 Å². The van der Waals surface area contributed by atoms with Crippen LogP contribution in [0.15, 0.2) is 60.9 Å². The maximum absolute atomic E-state index is 13.6. The first-order valence-corrected chi connectivity index (χ1v) is 12.1. The van der Waals surface area contributed by atoms with E-state index in [0.717, 1.165) is 49.1 Å². The van der Waals surface area contributed by atoms with Crippen molar-refractivity contribution in [2.75, 3.05) is 17.2 Å². The first-order chi connectivity index (χ1) is 17.6. The number of carbonyl (C=O) groups excluding carboxylic acids is 1. The van der Waals surface area contributed by atoms with Crippen molar-refractivity contribution < 1.29 is 27.9 Å². The molecule has 0 aliphatic heterocycles. The van der Waals surface area contributed by atoms with Gasteiger partial charge in [0.1, 0.15) is 6.54 Å². The van der Waals surface area contributed by atoms with E-state index in [0.29, 0.717) is 22.5 Å². The molecule has 0 spiro atoms. The van der Waals surface area contributed by atoms with Gasteiger partial charge in [-0.2, -0.15) is 13.2 Å². The van der Waals surface area contributed by atoms with Gasteiger partial charge in [0.25, 0.3) is 0 Å². The number of alkyl halides is 3. The number of aromatic nitrogens is 1. The van der Waals surface area contributed by atoms with Crippen molar-refractivity contribution in [1.82, 2.24) is 4.98 Å². The fourth-order valence-electron chi connectivity index (χ4n) is 4.91. The Bertz CT molecular complexity index is 1270. The molecule has 4 rings (SSSR count). The van der Waals surface area contributed by atoms with Crippen LogP contribution in [-0.2, 0) is 15.8 Å². The average molecular weight is 512 g/mol. The number of amides is 1. The molecule has 1 amide bonds. The van der Waals surface area contributed by atoms with E-state index < -0.39 is 23.6 Å². The lowest BCUT2D eigenvalue weighted by atomic mass is 9.83. The van der Waals surface area contributed by atoms with Crippen LogP contribution >= 0.6 is 0 Å². The smallest absolute Gasteiger partial charge is 0.417 e. The summed E-state index contributed by atoms with van der Waals surface area (Å²) >= 11 is 0. The Hall–Kier alpha value is -3.88. The zero-order valence-electron chi connectivity index (χ0n) is 20.3. The van der Waals surface area contributed by atoms with Crippen LogP contribution in [0.5, 0.6) is 0 Å². The highest BCUT2D eigenvalue weighted by Crippen LogP contribution is 2.39. The van der Waals surface area contributed by atoms with Crippen LogP contribution in [0.1, 0.15) is 48.3 Å². The van der Waals surface area contributed by atoms with Crippen molar-refractivity contribution in [3.8, 4) is 11.1 Å². The standard InChI is InChI=1S/C28H28F3N3O3/c1-17-23(33-16-25(35)36)7-4-8-24(17)34-27(37)26(19-5-2-3-6-19)20-11-9-18(10-12-20)21-13-22(15-32-14-21)28(29,30)31/h4,7-15,19,26,33H,2-3,5-6,16H2,1H3,(H,34,37)(H,35,36)/t26-/m1/s1. The van der Waals surface area contributed by atoms with Crippen LogP contribution in [-0.4, -0.2) is 28.5 Å². The quantitative estimate of drug-likeness (QED) is 0.322. The fourth-order valence-corrected chi connectivity index (χ4v) is 4.91. The van der Waals surface area contributed by atoms with Crippen molar-refractivity contribution >= 4 is 23.3 Å². The number of carboxylic acids is 1. The summed E-state index contributed by atoms with van der Waals surface area (Å²) in [5.74, 6) is -1.43. The maximum atomic E-state index is 13.6. The van der Waals surface area contributed by atoms with E-state index in [2.05, 4.69) is 15.6 Å². The molecule has 0 radical (unpaired) electrons. The predicted molar refractivity (Wildman–Crippen MR) is 135 cm³/mol. The van der Waals surface area contributed by atoms with E-state index in [4.69, 9.17) is 5.11 Å². The van der Waals surface area contributed by atoms with Crippen molar-refractivity contribution in [3.05, 3.63) is 77.6 Å². The minimum atomic E-state index is -4.48. The maximum Gasteiger partial charge on any atom is 0.417 e. The molecule has 3 N–H and O–H groups in total. The predicted octanol–water partition coefficient (Wildman–Crippen LogP) is 6.48. The number of benzene rings is 2. The van der Waals surface area contributed by atoms with Crippen LogP contribution in [0, 0.1) is 12.8 Å². The number of halogens is 3. The lowest BCUT2D eigenvalue weighted by Crippen LogP contribution is -2.27. The third kappa shape index (κ3) is 6.28. The fraction of sp³-hybridized carbons (Fsp3) is 0.321. The van der Waals surface area contributed by atoms with Crippen LogP contribution in [0.4, 0.5) is 24.5 Å². The van der Waals surface area contributed by atoms with E-state index in [1.165, 1.54) is 6.20 Å². The van der Waals surface area contributed by atoms with Gasteiger partial charge in [0.2, 0.25) is 5.91 Å². The molecule has 1 atom stereocenters. The molecule has 2 aromatic carbocycles. The molecule has 1 saturated carbocycles. The zero-order valence-corrected chi connectivity index (χ0v) is 20.3. The molecule has 37 heavy (non-hydrogen) atoms. The number of pyridine rings is 1. The second kappa shape index (κ2) is 11.0. The Kier molecular flexibility index (Phi) is 7.80. The lowest BCUT2D eigenvalue weighted by molar-refractivity contribution is -0.138. The third-order valence-corrected chi connectivity index (χ3v) is 6.84. The molecular formula is C28H28F3N3O3. The Morgan fingerprint density at radius 3 is 2.35 bits per heavy atom. The number of hydrogen-bond acceptors (Lipinski definition) is 4. The van der Waals surface area contributed by atoms with Crippen molar-refractivity contribution in [2.24, 2.45) is 5.92 Å². The summed E-state index contributed by atoms with van der Waals surface area (Å²) in [4.78, 5) is 28.2. The van der Waals surface area contributed by atoms with Crippen molar-refractivity contribution in [3.63, 3.8) is 0 Å². The summed E-state index contributed by atoms with van der Waals surface area (Å²) < 4.78 is 39.3. The largest absolute Gasteiger partial charge is 0.480 e. The van der Waals surface area contributed by atoms with Crippen LogP contribution < -0.4 is 10.6 Å². The summed E-state index contributed by atoms with van der Waals surface area (Å²) in [5, 5.41) is 14.8. The molecule has 0 unspecified atom stereocenters. The number of nitrogens with one attached hydrogen (secondary N) is 2. The Balaban J connectivity index is 1.58. The molecule has 1 fully saturated rings. The highest BCUT2D eigenvalue weighted by atomic mass is 19.4. The second-order valence-electron chi connectivity index (χ2n) is 9.32. The van der Waals surface area contributed by atoms with E-state index >= 15 is 0 Å². The van der Waals surface area contributed by atoms with Crippen LogP contribution in [0.2, 0.25) is 0 Å². The minimum absolute atomic E-state index is 0.148. The number of carboxylic acid groups (broad SMARTS) is 1. The zero-order chi connectivity index (χ0) is 26.6. The highest BCUT2D eigenvalue weighted by Gasteiger charge is 2.33. The molecule has 1 aliphatic carbocycles. The average Bonchev–Trinajstić information content (AvgIpc) is 3.39. The number of aliphatic carboxylic acids is 1. The summed E-state index contributed by atoms with van der Waals surface area (Å²) in [5.41, 5.74) is 2.87. The highest BCUT2D eigenvalue weighted by molar-refractivity contribution is 5.97. The molecule has 3 aromatic rings. The van der Waals surface area contributed by atoms with Crippen molar-refractivity contribution in [1.29, 1.82) is 0 Å². The van der Waals surface area contributed by atoms with Gasteiger partial charge in [0.15, 0.2) is 0 Å². The summed E-state index contributed by atoms with van der Waals surface area (Å²) in [7, 11) is 0. The first kappa shape index (κ1) is 26.2. The number of anilines is 2. The van der Waals surface area contributed by atoms with Gasteiger partial charge < -0.3 is 15.7 Å². The van der Waals surface area contributed by atoms with Crippen LogP contribution in [0.25, 0.3) is 11.1 Å². The van der Waals surface area contributed by atoms with Crippen molar-refractivity contribution in [2.45, 2.75) is 44.7 Å². The monoisotopic (exact) mass is 511 g/mol. The molecule has 1 heterocycles. The molecule has 9 heteroatoms. The van der Waals surface area contributed by atoms with Gasteiger partial charge >= 0.3 is 12.1 Å². The summed E-state index contributed by atoms with van der Waals surface area (Å²) in [6, 6.07) is 13.4. The number of carbonyl (C=O) groups is 2. The molecule has 1 aliphatic rings. The second-order valence-corrected chi connectivity index (χ2v) is 9.32. The molecule has 0 bridgehead atoms. The number of rotatable bonds is 8. The van der Waals surface area contributed by atoms with Crippen LogP contribution in [0.3, 0.4) is 0 Å². The van der Waals surface area contributed by atoms with E-state index in [1.54, 1.807) is 42.5 Å². The van der Waals surface area contributed by atoms with Gasteiger partial charge in [-0.25, -0.2) is 0 Å². The van der Waals surface area contributed by atoms with Gasteiger partial charge in [-0.15, -0.1) is 0 Å². The van der Waals surface area contributed by atoms with E-state index in [9.17, 15) is 22.8 Å². The number of nitrogens with zero attached hydrogens (tertiary/aromatic N) is 1. The lowest BCUT2D eigenvalue weighted by Gasteiger charge is -2.24.